The molecule has 0 aromatic heterocycles. The van der Waals surface area contributed by atoms with Crippen molar-refractivity contribution >= 4 is 17.6 Å². The Morgan fingerprint density at radius 2 is 2.05 bits per heavy atom. The molecule has 6 nitrogen and oxygen atoms in total. The van der Waals surface area contributed by atoms with Crippen LogP contribution < -0.4 is 10.2 Å². The van der Waals surface area contributed by atoms with Crippen LogP contribution in [-0.4, -0.2) is 25.6 Å². The van der Waals surface area contributed by atoms with E-state index in [1.807, 2.05) is 0 Å². The molecule has 1 rings (SSSR count). The molecule has 0 fully saturated rings. The maximum Gasteiger partial charge on any atom is 0.310 e. The van der Waals surface area contributed by atoms with E-state index in [0.29, 0.717) is 23.6 Å². The summed E-state index contributed by atoms with van der Waals surface area (Å²) >= 11 is 0. The maximum atomic E-state index is 11.4. The number of carbonyl (C=O) groups is 2. The number of hydrogen-bond donors (Lipinski definition) is 1. The lowest BCUT2D eigenvalue weighted by atomic mass is 10.1. The first kappa shape index (κ1) is 15.0. The van der Waals surface area contributed by atoms with Crippen molar-refractivity contribution in [2.75, 3.05) is 19.0 Å². The van der Waals surface area contributed by atoms with Gasteiger partial charge < -0.3 is 14.9 Å². The van der Waals surface area contributed by atoms with Gasteiger partial charge in [0.2, 0.25) is 5.91 Å². The van der Waals surface area contributed by atoms with Crippen LogP contribution in [0.2, 0.25) is 0 Å². The normalized spacial score (nSPS) is 9.84. The highest BCUT2D eigenvalue weighted by Gasteiger charge is 2.12. The van der Waals surface area contributed by atoms with E-state index in [-0.39, 0.29) is 18.3 Å². The predicted octanol–water partition coefficient (Wildman–Crippen LogP) is 1.69. The molecule has 1 aromatic rings. The number of amides is 1. The Balaban J connectivity index is 2.90. The molecule has 19 heavy (non-hydrogen) atoms. The summed E-state index contributed by atoms with van der Waals surface area (Å²) in [7, 11) is 1.36. The summed E-state index contributed by atoms with van der Waals surface area (Å²) in [5, 5.41) is 2.62. The van der Waals surface area contributed by atoms with Gasteiger partial charge in [0.15, 0.2) is 5.75 Å². The standard InChI is InChI=1S/C13H17NO5/c1-4-18-13(16)7-10-5-6-11(14-9(2)15)8-12(10)19-17-3/h5-6,8H,4,7H2,1-3H3,(H,14,15). The molecule has 0 spiro atoms. The van der Waals surface area contributed by atoms with Crippen molar-refractivity contribution in [3.05, 3.63) is 23.8 Å². The van der Waals surface area contributed by atoms with Crippen LogP contribution in [-0.2, 0) is 25.6 Å². The van der Waals surface area contributed by atoms with Gasteiger partial charge in [-0.3, -0.25) is 9.59 Å². The topological polar surface area (TPSA) is 73.9 Å². The fourth-order valence-electron chi connectivity index (χ4n) is 1.52. The Kier molecular flexibility index (Phi) is 5.81. The Labute approximate surface area is 111 Å². The minimum Gasteiger partial charge on any atom is -0.466 e. The summed E-state index contributed by atoms with van der Waals surface area (Å²) < 4.78 is 4.87. The van der Waals surface area contributed by atoms with E-state index in [4.69, 9.17) is 9.62 Å². The van der Waals surface area contributed by atoms with Crippen LogP contribution in [0.4, 0.5) is 5.69 Å². The SMILES string of the molecule is CCOC(=O)Cc1ccc(NC(C)=O)cc1OOC. The maximum absolute atomic E-state index is 11.4. The Morgan fingerprint density at radius 3 is 2.63 bits per heavy atom. The van der Waals surface area contributed by atoms with Gasteiger partial charge in [-0.1, -0.05) is 6.07 Å². The third kappa shape index (κ3) is 4.97. The fraction of sp³-hybridized carbons (Fsp3) is 0.385. The van der Waals surface area contributed by atoms with Gasteiger partial charge in [-0.2, -0.15) is 4.89 Å². The van der Waals surface area contributed by atoms with Crippen molar-refractivity contribution in [2.45, 2.75) is 20.3 Å². The van der Waals surface area contributed by atoms with Gasteiger partial charge in [-0.05, 0) is 13.0 Å². The molecule has 0 aliphatic heterocycles. The first-order chi connectivity index (χ1) is 9.06. The molecule has 1 amide bonds. The highest BCUT2D eigenvalue weighted by Crippen LogP contribution is 2.24. The molecule has 0 saturated carbocycles. The van der Waals surface area contributed by atoms with Crippen LogP contribution in [0.1, 0.15) is 19.4 Å². The van der Waals surface area contributed by atoms with E-state index in [0.717, 1.165) is 0 Å². The molecular formula is C13H17NO5. The highest BCUT2D eigenvalue weighted by molar-refractivity contribution is 5.89. The zero-order valence-corrected chi connectivity index (χ0v) is 11.2. The van der Waals surface area contributed by atoms with Crippen LogP contribution in [0.5, 0.6) is 5.75 Å². The van der Waals surface area contributed by atoms with Gasteiger partial charge in [-0.25, -0.2) is 0 Å². The number of hydrogen-bond acceptors (Lipinski definition) is 5. The summed E-state index contributed by atoms with van der Waals surface area (Å²) in [5.74, 6) is -0.181. The van der Waals surface area contributed by atoms with Crippen molar-refractivity contribution in [2.24, 2.45) is 0 Å². The first-order valence-electron chi connectivity index (χ1n) is 5.83. The van der Waals surface area contributed by atoms with Crippen LogP contribution in [0, 0.1) is 0 Å². The lowest BCUT2D eigenvalue weighted by Crippen LogP contribution is -2.10. The summed E-state index contributed by atoms with van der Waals surface area (Å²) in [6, 6.07) is 4.94. The second-order valence-electron chi connectivity index (χ2n) is 3.74. The second-order valence-corrected chi connectivity index (χ2v) is 3.74. The monoisotopic (exact) mass is 267 g/mol. The molecule has 0 atom stereocenters. The van der Waals surface area contributed by atoms with E-state index < -0.39 is 0 Å². The molecule has 0 radical (unpaired) electrons. The average Bonchev–Trinajstić information content (AvgIpc) is 2.32. The summed E-state index contributed by atoms with van der Waals surface area (Å²) in [6.07, 6.45) is 0.0763. The number of nitrogens with one attached hydrogen (secondary N) is 1. The van der Waals surface area contributed by atoms with Crippen molar-refractivity contribution in [1.29, 1.82) is 0 Å². The lowest BCUT2D eigenvalue weighted by Gasteiger charge is -2.10. The number of anilines is 1. The summed E-state index contributed by atoms with van der Waals surface area (Å²) in [5.41, 5.74) is 1.18. The van der Waals surface area contributed by atoms with E-state index in [2.05, 4.69) is 10.2 Å². The smallest absolute Gasteiger partial charge is 0.310 e. The molecule has 6 heteroatoms. The second kappa shape index (κ2) is 7.38. The van der Waals surface area contributed by atoms with Crippen LogP contribution in [0.3, 0.4) is 0 Å². The molecule has 0 saturated heterocycles. The highest BCUT2D eigenvalue weighted by atomic mass is 17.2. The zero-order valence-electron chi connectivity index (χ0n) is 11.2. The minimum atomic E-state index is -0.351. The minimum absolute atomic E-state index is 0.0763. The zero-order chi connectivity index (χ0) is 14.3. The molecule has 0 unspecified atom stereocenters. The van der Waals surface area contributed by atoms with E-state index in [1.165, 1.54) is 14.0 Å². The van der Waals surface area contributed by atoms with Gasteiger partial charge in [0.25, 0.3) is 0 Å². The Morgan fingerprint density at radius 1 is 1.32 bits per heavy atom. The van der Waals surface area contributed by atoms with Gasteiger partial charge in [0, 0.05) is 24.2 Å². The quantitative estimate of drug-likeness (QED) is 0.482. The third-order valence-electron chi connectivity index (χ3n) is 2.20. The lowest BCUT2D eigenvalue weighted by molar-refractivity contribution is -0.178. The molecule has 1 aromatic carbocycles. The van der Waals surface area contributed by atoms with Crippen molar-refractivity contribution in [3.63, 3.8) is 0 Å². The number of carbonyl (C=O) groups excluding carboxylic acids is 2. The number of rotatable bonds is 6. The van der Waals surface area contributed by atoms with Gasteiger partial charge in [-0.15, -0.1) is 0 Å². The van der Waals surface area contributed by atoms with Gasteiger partial charge in [0.05, 0.1) is 20.1 Å². The third-order valence-corrected chi connectivity index (χ3v) is 2.20. The summed E-state index contributed by atoms with van der Waals surface area (Å²) in [6.45, 7) is 3.47. The van der Waals surface area contributed by atoms with Crippen molar-refractivity contribution in [3.8, 4) is 5.75 Å². The largest absolute Gasteiger partial charge is 0.466 e. The van der Waals surface area contributed by atoms with Crippen LogP contribution in [0.25, 0.3) is 0 Å². The van der Waals surface area contributed by atoms with E-state index in [9.17, 15) is 9.59 Å². The van der Waals surface area contributed by atoms with Crippen LogP contribution >= 0.6 is 0 Å². The van der Waals surface area contributed by atoms with Crippen molar-refractivity contribution in [1.82, 2.24) is 0 Å². The molecule has 0 bridgehead atoms. The molecule has 0 aliphatic carbocycles. The first-order valence-corrected chi connectivity index (χ1v) is 5.83. The molecule has 0 heterocycles. The number of benzene rings is 1. The Hall–Kier alpha value is -2.08. The molecule has 104 valence electrons. The van der Waals surface area contributed by atoms with Gasteiger partial charge >= 0.3 is 5.97 Å². The van der Waals surface area contributed by atoms with Crippen LogP contribution in [0.15, 0.2) is 18.2 Å². The van der Waals surface area contributed by atoms with Crippen molar-refractivity contribution < 1.29 is 24.1 Å². The fourth-order valence-corrected chi connectivity index (χ4v) is 1.52. The molecule has 1 N–H and O–H groups in total. The average molecular weight is 267 g/mol. The van der Waals surface area contributed by atoms with E-state index >= 15 is 0 Å². The summed E-state index contributed by atoms with van der Waals surface area (Å²) in [4.78, 5) is 32.0. The predicted molar refractivity (Wildman–Crippen MR) is 68.7 cm³/mol. The van der Waals surface area contributed by atoms with E-state index in [1.54, 1.807) is 25.1 Å². The number of esters is 1. The number of ether oxygens (including phenoxy) is 1. The molecular weight excluding hydrogens is 250 g/mol. The van der Waals surface area contributed by atoms with Gasteiger partial charge in [0.1, 0.15) is 0 Å². The Bertz CT molecular complexity index is 458. The molecule has 0 aliphatic rings.